The number of halogens is 1. The fraction of sp³-hybridized carbons (Fsp3) is 0.100. The first-order valence-corrected chi connectivity index (χ1v) is 5.15. The summed E-state index contributed by atoms with van der Waals surface area (Å²) in [4.78, 5) is 6.92. The number of H-pyrrole nitrogens is 1. The Balaban J connectivity index is 2.53. The third-order valence-electron chi connectivity index (χ3n) is 2.07. The molecule has 0 atom stereocenters. The minimum atomic E-state index is 0.403. The van der Waals surface area contributed by atoms with Crippen molar-refractivity contribution in [1.29, 1.82) is 0 Å². The molecule has 78 valence electrons. The minimum absolute atomic E-state index is 0.403. The van der Waals surface area contributed by atoms with Crippen LogP contribution in [0, 0.1) is 0 Å². The topological polar surface area (TPSA) is 63.9 Å². The van der Waals surface area contributed by atoms with Gasteiger partial charge in [-0.05, 0) is 22.0 Å². The Bertz CT molecular complexity index is 481. The summed E-state index contributed by atoms with van der Waals surface area (Å²) in [5, 5.41) is 0. The van der Waals surface area contributed by atoms with Crippen molar-refractivity contribution in [3.63, 3.8) is 0 Å². The number of aromatic amines is 1. The van der Waals surface area contributed by atoms with Gasteiger partial charge in [0.1, 0.15) is 5.75 Å². The lowest BCUT2D eigenvalue weighted by Crippen LogP contribution is -1.88. The summed E-state index contributed by atoms with van der Waals surface area (Å²) >= 11 is 3.47. The summed E-state index contributed by atoms with van der Waals surface area (Å²) in [5.74, 6) is 1.18. The first kappa shape index (κ1) is 10.0. The molecule has 5 heteroatoms. The summed E-state index contributed by atoms with van der Waals surface area (Å²) in [5.41, 5.74) is 7.35. The molecule has 3 N–H and O–H groups in total. The van der Waals surface area contributed by atoms with Gasteiger partial charge in [0.2, 0.25) is 0 Å². The molecular formula is C10H10BrN3O. The summed E-state index contributed by atoms with van der Waals surface area (Å²) in [6, 6.07) is 5.75. The number of nitrogens with two attached hydrogens (primary N) is 1. The van der Waals surface area contributed by atoms with Crippen molar-refractivity contribution in [2.24, 2.45) is 0 Å². The molecule has 0 saturated heterocycles. The SMILES string of the molecule is COc1cccc(-c2cnc(N)[nH]2)c1Br. The summed E-state index contributed by atoms with van der Waals surface area (Å²) < 4.78 is 6.09. The Morgan fingerprint density at radius 2 is 2.27 bits per heavy atom. The van der Waals surface area contributed by atoms with E-state index in [1.807, 2.05) is 18.2 Å². The maximum Gasteiger partial charge on any atom is 0.197 e. The van der Waals surface area contributed by atoms with Crippen LogP contribution in [0.2, 0.25) is 0 Å². The lowest BCUT2D eigenvalue weighted by atomic mass is 10.1. The number of hydrogen-bond donors (Lipinski definition) is 2. The number of nitrogen functional groups attached to an aromatic ring is 1. The fourth-order valence-corrected chi connectivity index (χ4v) is 1.99. The van der Waals surface area contributed by atoms with Crippen LogP contribution in [0.5, 0.6) is 5.75 Å². The van der Waals surface area contributed by atoms with Gasteiger partial charge in [-0.25, -0.2) is 4.98 Å². The molecule has 0 fully saturated rings. The Morgan fingerprint density at radius 3 is 2.87 bits per heavy atom. The summed E-state index contributed by atoms with van der Waals surface area (Å²) in [6.07, 6.45) is 1.69. The van der Waals surface area contributed by atoms with Crippen LogP contribution in [0.15, 0.2) is 28.9 Å². The second-order valence-electron chi connectivity index (χ2n) is 3.00. The molecule has 0 aliphatic carbocycles. The number of aromatic nitrogens is 2. The average Bonchev–Trinajstić information content (AvgIpc) is 2.65. The number of imidazole rings is 1. The molecule has 15 heavy (non-hydrogen) atoms. The van der Waals surface area contributed by atoms with Gasteiger partial charge in [0, 0.05) is 5.56 Å². The number of rotatable bonds is 2. The number of ether oxygens (including phenoxy) is 1. The van der Waals surface area contributed by atoms with Crippen LogP contribution in [-0.4, -0.2) is 17.1 Å². The van der Waals surface area contributed by atoms with E-state index in [1.54, 1.807) is 13.3 Å². The first-order chi connectivity index (χ1) is 7.22. The molecule has 2 aromatic rings. The molecule has 1 aromatic carbocycles. The number of methoxy groups -OCH3 is 1. The van der Waals surface area contributed by atoms with E-state index in [0.29, 0.717) is 5.95 Å². The van der Waals surface area contributed by atoms with Crippen molar-refractivity contribution in [1.82, 2.24) is 9.97 Å². The molecule has 0 radical (unpaired) electrons. The molecule has 1 aromatic heterocycles. The van der Waals surface area contributed by atoms with E-state index in [9.17, 15) is 0 Å². The van der Waals surface area contributed by atoms with Crippen LogP contribution in [0.1, 0.15) is 0 Å². The van der Waals surface area contributed by atoms with E-state index in [0.717, 1.165) is 21.5 Å². The third kappa shape index (κ3) is 1.83. The van der Waals surface area contributed by atoms with Crippen LogP contribution in [0.4, 0.5) is 5.95 Å². The van der Waals surface area contributed by atoms with E-state index in [1.165, 1.54) is 0 Å². The molecule has 4 nitrogen and oxygen atoms in total. The second-order valence-corrected chi connectivity index (χ2v) is 3.80. The van der Waals surface area contributed by atoms with Gasteiger partial charge in [0.25, 0.3) is 0 Å². The highest BCUT2D eigenvalue weighted by atomic mass is 79.9. The summed E-state index contributed by atoms with van der Waals surface area (Å²) in [7, 11) is 1.63. The van der Waals surface area contributed by atoms with Gasteiger partial charge in [-0.2, -0.15) is 0 Å². The molecule has 0 aliphatic rings. The van der Waals surface area contributed by atoms with Crippen LogP contribution in [-0.2, 0) is 0 Å². The number of benzene rings is 1. The lowest BCUT2D eigenvalue weighted by molar-refractivity contribution is 0.412. The average molecular weight is 268 g/mol. The van der Waals surface area contributed by atoms with Crippen molar-refractivity contribution < 1.29 is 4.74 Å². The zero-order valence-electron chi connectivity index (χ0n) is 8.12. The fourth-order valence-electron chi connectivity index (χ4n) is 1.35. The Hall–Kier alpha value is -1.49. The van der Waals surface area contributed by atoms with Gasteiger partial charge < -0.3 is 15.5 Å². The van der Waals surface area contributed by atoms with E-state index in [-0.39, 0.29) is 0 Å². The normalized spacial score (nSPS) is 10.3. The second kappa shape index (κ2) is 3.94. The van der Waals surface area contributed by atoms with E-state index < -0.39 is 0 Å². The predicted octanol–water partition coefficient (Wildman–Crippen LogP) is 2.43. The number of anilines is 1. The third-order valence-corrected chi connectivity index (χ3v) is 2.89. The molecular weight excluding hydrogens is 258 g/mol. The highest BCUT2D eigenvalue weighted by molar-refractivity contribution is 9.10. The maximum atomic E-state index is 5.52. The van der Waals surface area contributed by atoms with Crippen molar-refractivity contribution in [2.45, 2.75) is 0 Å². The molecule has 0 saturated carbocycles. The van der Waals surface area contributed by atoms with Crippen LogP contribution < -0.4 is 10.5 Å². The number of hydrogen-bond acceptors (Lipinski definition) is 3. The molecule has 0 amide bonds. The van der Waals surface area contributed by atoms with Gasteiger partial charge in [-0.3, -0.25) is 0 Å². The molecule has 0 aliphatic heterocycles. The van der Waals surface area contributed by atoms with E-state index >= 15 is 0 Å². The lowest BCUT2D eigenvalue weighted by Gasteiger charge is -2.06. The minimum Gasteiger partial charge on any atom is -0.496 e. The summed E-state index contributed by atoms with van der Waals surface area (Å²) in [6.45, 7) is 0. The zero-order valence-corrected chi connectivity index (χ0v) is 9.71. The Kier molecular flexibility index (Phi) is 2.64. The monoisotopic (exact) mass is 267 g/mol. The standard InChI is InChI=1S/C10H10BrN3O/c1-15-8-4-2-3-6(9(8)11)7-5-13-10(12)14-7/h2-5H,1H3,(H3,12,13,14). The number of nitrogens with one attached hydrogen (secondary N) is 1. The van der Waals surface area contributed by atoms with Gasteiger partial charge in [0.15, 0.2) is 5.95 Å². The smallest absolute Gasteiger partial charge is 0.197 e. The van der Waals surface area contributed by atoms with E-state index in [4.69, 9.17) is 10.5 Å². The molecule has 1 heterocycles. The van der Waals surface area contributed by atoms with Crippen molar-refractivity contribution in [3.8, 4) is 17.0 Å². The van der Waals surface area contributed by atoms with E-state index in [2.05, 4.69) is 25.9 Å². The van der Waals surface area contributed by atoms with Gasteiger partial charge >= 0.3 is 0 Å². The van der Waals surface area contributed by atoms with Gasteiger partial charge in [-0.15, -0.1) is 0 Å². The highest BCUT2D eigenvalue weighted by Gasteiger charge is 2.09. The van der Waals surface area contributed by atoms with Crippen LogP contribution >= 0.6 is 15.9 Å². The van der Waals surface area contributed by atoms with Crippen molar-refractivity contribution in [2.75, 3.05) is 12.8 Å². The molecule has 0 unspecified atom stereocenters. The molecule has 2 rings (SSSR count). The van der Waals surface area contributed by atoms with Gasteiger partial charge in [-0.1, -0.05) is 12.1 Å². The van der Waals surface area contributed by atoms with Crippen LogP contribution in [0.25, 0.3) is 11.3 Å². The Labute approximate surface area is 95.6 Å². The van der Waals surface area contributed by atoms with Gasteiger partial charge in [0.05, 0.1) is 23.5 Å². The molecule has 0 spiro atoms. The van der Waals surface area contributed by atoms with Crippen LogP contribution in [0.3, 0.4) is 0 Å². The number of nitrogens with zero attached hydrogens (tertiary/aromatic N) is 1. The zero-order chi connectivity index (χ0) is 10.8. The molecule has 0 bridgehead atoms. The van der Waals surface area contributed by atoms with Crippen molar-refractivity contribution >= 4 is 21.9 Å². The Morgan fingerprint density at radius 1 is 1.47 bits per heavy atom. The van der Waals surface area contributed by atoms with Crippen molar-refractivity contribution in [3.05, 3.63) is 28.9 Å². The predicted molar refractivity (Wildman–Crippen MR) is 62.7 cm³/mol. The largest absolute Gasteiger partial charge is 0.496 e. The first-order valence-electron chi connectivity index (χ1n) is 4.35. The maximum absolute atomic E-state index is 5.52. The quantitative estimate of drug-likeness (QED) is 0.879. The highest BCUT2D eigenvalue weighted by Crippen LogP contribution is 2.34.